The third-order valence-electron chi connectivity index (χ3n) is 4.60. The van der Waals surface area contributed by atoms with Gasteiger partial charge in [0, 0.05) is 31.1 Å². The third-order valence-corrected chi connectivity index (χ3v) is 4.60. The highest BCUT2D eigenvalue weighted by molar-refractivity contribution is 6.07. The first-order valence-electron chi connectivity index (χ1n) is 8.42. The second-order valence-electron chi connectivity index (χ2n) is 6.70. The van der Waals surface area contributed by atoms with Crippen LogP contribution in [0.5, 0.6) is 0 Å². The lowest BCUT2D eigenvalue weighted by molar-refractivity contribution is -0.0704. The molecule has 0 saturated carbocycles. The average molecular weight is 323 g/mol. The van der Waals surface area contributed by atoms with Crippen molar-refractivity contribution in [2.45, 2.75) is 32.6 Å². The Morgan fingerprint density at radius 3 is 2.62 bits per heavy atom. The molecule has 24 heavy (non-hydrogen) atoms. The lowest BCUT2D eigenvalue weighted by atomic mass is 10.0. The number of nitrogens with zero attached hydrogens (tertiary/aromatic N) is 1. The molecule has 4 heteroatoms. The summed E-state index contributed by atoms with van der Waals surface area (Å²) in [5.41, 5.74) is 1.40. The summed E-state index contributed by atoms with van der Waals surface area (Å²) >= 11 is 0. The van der Waals surface area contributed by atoms with Crippen molar-refractivity contribution in [1.29, 1.82) is 0 Å². The molecule has 3 aromatic rings. The zero-order valence-corrected chi connectivity index (χ0v) is 14.0. The van der Waals surface area contributed by atoms with Gasteiger partial charge >= 0.3 is 5.63 Å². The number of hydrogen-bond acceptors (Lipinski definition) is 4. The van der Waals surface area contributed by atoms with Crippen molar-refractivity contribution in [3.05, 3.63) is 58.4 Å². The molecule has 0 unspecified atom stereocenters. The minimum Gasteiger partial charge on any atom is -0.423 e. The monoisotopic (exact) mass is 323 g/mol. The van der Waals surface area contributed by atoms with Gasteiger partial charge in [-0.3, -0.25) is 4.90 Å². The molecule has 0 N–H and O–H groups in total. The predicted molar refractivity (Wildman–Crippen MR) is 95.3 cm³/mol. The molecular weight excluding hydrogens is 302 g/mol. The molecule has 2 heterocycles. The second kappa shape index (κ2) is 6.04. The SMILES string of the molecule is C[C@@H]1CN(Cc2cc(=O)oc3ccc4ccccc4c23)C[C@@H](C)O1. The number of rotatable bonds is 2. The van der Waals surface area contributed by atoms with Gasteiger partial charge in [0.2, 0.25) is 0 Å². The molecule has 1 aliphatic heterocycles. The molecular formula is C20H21NO3. The highest BCUT2D eigenvalue weighted by Gasteiger charge is 2.23. The number of fused-ring (bicyclic) bond motifs is 3. The van der Waals surface area contributed by atoms with Crippen LogP contribution in [0.1, 0.15) is 19.4 Å². The topological polar surface area (TPSA) is 42.7 Å². The van der Waals surface area contributed by atoms with Crippen LogP contribution < -0.4 is 5.63 Å². The quantitative estimate of drug-likeness (QED) is 0.534. The van der Waals surface area contributed by atoms with Gasteiger partial charge < -0.3 is 9.15 Å². The Hall–Kier alpha value is -2.17. The maximum atomic E-state index is 12.0. The predicted octanol–water partition coefficient (Wildman–Crippen LogP) is 3.56. The van der Waals surface area contributed by atoms with E-state index in [-0.39, 0.29) is 17.8 Å². The molecule has 0 amide bonds. The van der Waals surface area contributed by atoms with E-state index >= 15 is 0 Å². The van der Waals surface area contributed by atoms with E-state index in [0.29, 0.717) is 5.58 Å². The lowest BCUT2D eigenvalue weighted by Gasteiger charge is -2.35. The van der Waals surface area contributed by atoms with Gasteiger partial charge in [-0.05, 0) is 36.2 Å². The standard InChI is InChI=1S/C20H21NO3/c1-13-10-21(11-14(2)23-13)12-16-9-19(22)24-18-8-7-15-5-3-4-6-17(15)20(16)18/h3-9,13-14H,10-12H2,1-2H3/t13-,14-/m1/s1. The molecule has 4 rings (SSSR count). The molecule has 2 atom stereocenters. The minimum atomic E-state index is -0.290. The summed E-state index contributed by atoms with van der Waals surface area (Å²) < 4.78 is 11.3. The molecule has 4 nitrogen and oxygen atoms in total. The Balaban J connectivity index is 1.84. The molecule has 2 aromatic carbocycles. The Labute approximate surface area is 140 Å². The Morgan fingerprint density at radius 2 is 1.83 bits per heavy atom. The van der Waals surface area contributed by atoms with Crippen molar-refractivity contribution in [3.63, 3.8) is 0 Å². The summed E-state index contributed by atoms with van der Waals surface area (Å²) in [4.78, 5) is 14.4. The van der Waals surface area contributed by atoms with Gasteiger partial charge in [0.25, 0.3) is 0 Å². The molecule has 0 radical (unpaired) electrons. The van der Waals surface area contributed by atoms with E-state index in [9.17, 15) is 4.79 Å². The van der Waals surface area contributed by atoms with Gasteiger partial charge in [-0.2, -0.15) is 0 Å². The summed E-state index contributed by atoms with van der Waals surface area (Å²) in [5.74, 6) is 0. The zero-order chi connectivity index (χ0) is 16.7. The zero-order valence-electron chi connectivity index (χ0n) is 14.0. The van der Waals surface area contributed by atoms with E-state index in [1.807, 2.05) is 24.3 Å². The lowest BCUT2D eigenvalue weighted by Crippen LogP contribution is -2.44. The molecule has 0 bridgehead atoms. The number of benzene rings is 2. The summed E-state index contributed by atoms with van der Waals surface area (Å²) in [7, 11) is 0. The maximum absolute atomic E-state index is 12.0. The van der Waals surface area contributed by atoms with Gasteiger partial charge in [-0.25, -0.2) is 4.79 Å². The molecule has 1 fully saturated rings. The van der Waals surface area contributed by atoms with Crippen LogP contribution >= 0.6 is 0 Å². The fourth-order valence-electron chi connectivity index (χ4n) is 3.80. The minimum absolute atomic E-state index is 0.205. The van der Waals surface area contributed by atoms with Crippen molar-refractivity contribution in [1.82, 2.24) is 4.90 Å². The van der Waals surface area contributed by atoms with Crippen LogP contribution in [-0.4, -0.2) is 30.2 Å². The first-order valence-corrected chi connectivity index (χ1v) is 8.42. The van der Waals surface area contributed by atoms with Crippen molar-refractivity contribution in [2.75, 3.05) is 13.1 Å². The van der Waals surface area contributed by atoms with Crippen molar-refractivity contribution < 1.29 is 9.15 Å². The van der Waals surface area contributed by atoms with E-state index in [1.165, 1.54) is 0 Å². The highest BCUT2D eigenvalue weighted by atomic mass is 16.5. The van der Waals surface area contributed by atoms with Gasteiger partial charge in [0.1, 0.15) is 5.58 Å². The first-order chi connectivity index (χ1) is 11.6. The molecule has 1 aliphatic rings. The maximum Gasteiger partial charge on any atom is 0.336 e. The molecule has 0 spiro atoms. The smallest absolute Gasteiger partial charge is 0.336 e. The van der Waals surface area contributed by atoms with Crippen molar-refractivity contribution in [2.24, 2.45) is 0 Å². The number of ether oxygens (including phenoxy) is 1. The van der Waals surface area contributed by atoms with Crippen LogP contribution in [0.25, 0.3) is 21.7 Å². The van der Waals surface area contributed by atoms with Gasteiger partial charge in [-0.1, -0.05) is 30.3 Å². The van der Waals surface area contributed by atoms with Crippen LogP contribution in [0.15, 0.2) is 51.7 Å². The fraction of sp³-hybridized carbons (Fsp3) is 0.350. The van der Waals surface area contributed by atoms with Crippen LogP contribution in [0.4, 0.5) is 0 Å². The molecule has 1 aromatic heterocycles. The summed E-state index contributed by atoms with van der Waals surface area (Å²) in [6.07, 6.45) is 0.411. The van der Waals surface area contributed by atoms with Crippen LogP contribution in [0, 0.1) is 0 Å². The van der Waals surface area contributed by atoms with E-state index in [1.54, 1.807) is 6.07 Å². The Morgan fingerprint density at radius 1 is 1.08 bits per heavy atom. The van der Waals surface area contributed by atoms with E-state index < -0.39 is 0 Å². The Bertz CT molecular complexity index is 936. The van der Waals surface area contributed by atoms with E-state index in [0.717, 1.165) is 41.4 Å². The fourth-order valence-corrected chi connectivity index (χ4v) is 3.80. The summed E-state index contributed by atoms with van der Waals surface area (Å²) in [5, 5.41) is 3.33. The third kappa shape index (κ3) is 2.83. The molecule has 1 saturated heterocycles. The molecule has 124 valence electrons. The average Bonchev–Trinajstić information content (AvgIpc) is 2.53. The first kappa shape index (κ1) is 15.4. The van der Waals surface area contributed by atoms with Crippen LogP contribution in [0.3, 0.4) is 0 Å². The van der Waals surface area contributed by atoms with Gasteiger partial charge in [0.15, 0.2) is 0 Å². The van der Waals surface area contributed by atoms with Crippen LogP contribution in [0.2, 0.25) is 0 Å². The van der Waals surface area contributed by atoms with Crippen LogP contribution in [-0.2, 0) is 11.3 Å². The van der Waals surface area contributed by atoms with Crippen molar-refractivity contribution in [3.8, 4) is 0 Å². The van der Waals surface area contributed by atoms with Crippen molar-refractivity contribution >= 4 is 21.7 Å². The second-order valence-corrected chi connectivity index (χ2v) is 6.70. The Kier molecular flexibility index (Phi) is 3.87. The van der Waals surface area contributed by atoms with E-state index in [2.05, 4.69) is 30.9 Å². The summed E-state index contributed by atoms with van der Waals surface area (Å²) in [6, 6.07) is 13.8. The summed E-state index contributed by atoms with van der Waals surface area (Å²) in [6.45, 7) is 6.66. The number of morpholine rings is 1. The normalized spacial score (nSPS) is 22.2. The number of hydrogen-bond donors (Lipinski definition) is 0. The largest absolute Gasteiger partial charge is 0.423 e. The molecule has 0 aliphatic carbocycles. The van der Waals surface area contributed by atoms with Gasteiger partial charge in [-0.15, -0.1) is 0 Å². The van der Waals surface area contributed by atoms with Gasteiger partial charge in [0.05, 0.1) is 12.2 Å². The van der Waals surface area contributed by atoms with E-state index in [4.69, 9.17) is 9.15 Å². The highest BCUT2D eigenvalue weighted by Crippen LogP contribution is 2.28.